The zero-order valence-corrected chi connectivity index (χ0v) is 13.2. The summed E-state index contributed by atoms with van der Waals surface area (Å²) in [4.78, 5) is 32.2. The molecule has 0 spiro atoms. The number of aryl methyl sites for hydroxylation is 2. The van der Waals surface area contributed by atoms with Crippen LogP contribution in [-0.2, 0) is 31.2 Å². The van der Waals surface area contributed by atoms with Gasteiger partial charge in [0.2, 0.25) is 5.91 Å². The molecule has 2 aromatic heterocycles. The molecule has 2 rings (SSSR count). The Bertz CT molecular complexity index is 705. The maximum Gasteiger partial charge on any atom is 0.256 e. The van der Waals surface area contributed by atoms with Gasteiger partial charge in [-0.05, 0) is 13.3 Å². The van der Waals surface area contributed by atoms with E-state index in [-0.39, 0.29) is 17.9 Å². The second kappa shape index (κ2) is 6.62. The van der Waals surface area contributed by atoms with Crippen molar-refractivity contribution in [2.75, 3.05) is 0 Å². The van der Waals surface area contributed by atoms with Crippen LogP contribution >= 0.6 is 11.3 Å². The Labute approximate surface area is 126 Å². The molecule has 112 valence electrons. The highest BCUT2D eigenvalue weighted by atomic mass is 32.1. The molecule has 0 aliphatic carbocycles. The number of aromatic nitrogens is 3. The molecular formula is C14H18N4O2S. The van der Waals surface area contributed by atoms with Crippen molar-refractivity contribution in [1.82, 2.24) is 19.9 Å². The van der Waals surface area contributed by atoms with Gasteiger partial charge < -0.3 is 9.88 Å². The number of rotatable bonds is 5. The number of amides is 1. The predicted octanol–water partition coefficient (Wildman–Crippen LogP) is 0.967. The van der Waals surface area contributed by atoms with E-state index in [2.05, 4.69) is 15.3 Å². The number of nitrogens with zero attached hydrogens (tertiary/aromatic N) is 3. The lowest BCUT2D eigenvalue weighted by atomic mass is 10.2. The van der Waals surface area contributed by atoms with Gasteiger partial charge in [-0.2, -0.15) is 0 Å². The first-order chi connectivity index (χ1) is 10.0. The van der Waals surface area contributed by atoms with Crippen molar-refractivity contribution in [3.8, 4) is 0 Å². The summed E-state index contributed by atoms with van der Waals surface area (Å²) in [5.74, 6) is -0.162. The fourth-order valence-corrected chi connectivity index (χ4v) is 2.61. The first-order valence-corrected chi connectivity index (χ1v) is 7.60. The van der Waals surface area contributed by atoms with Crippen LogP contribution in [0.5, 0.6) is 0 Å². The van der Waals surface area contributed by atoms with Gasteiger partial charge >= 0.3 is 0 Å². The summed E-state index contributed by atoms with van der Waals surface area (Å²) in [6.07, 6.45) is 2.44. The van der Waals surface area contributed by atoms with Crippen LogP contribution in [-0.4, -0.2) is 20.4 Å². The van der Waals surface area contributed by atoms with Gasteiger partial charge in [0.05, 0.1) is 35.7 Å². The Morgan fingerprint density at radius 1 is 1.48 bits per heavy atom. The molecule has 0 aliphatic rings. The quantitative estimate of drug-likeness (QED) is 0.893. The molecule has 0 radical (unpaired) electrons. The second-order valence-electron chi connectivity index (χ2n) is 4.77. The van der Waals surface area contributed by atoms with Crippen LogP contribution in [0, 0.1) is 6.92 Å². The Balaban J connectivity index is 1.96. The highest BCUT2D eigenvalue weighted by Gasteiger charge is 2.11. The smallest absolute Gasteiger partial charge is 0.256 e. The SMILES string of the molecule is CCc1nc(CNC(=O)Cc2ncn(C)c(=O)c2C)cs1. The zero-order valence-electron chi connectivity index (χ0n) is 12.3. The van der Waals surface area contributed by atoms with Crippen LogP contribution in [0.4, 0.5) is 0 Å². The van der Waals surface area contributed by atoms with Gasteiger partial charge in [0.25, 0.3) is 5.56 Å². The van der Waals surface area contributed by atoms with Gasteiger partial charge in [-0.1, -0.05) is 6.92 Å². The van der Waals surface area contributed by atoms with E-state index in [4.69, 9.17) is 0 Å². The highest BCUT2D eigenvalue weighted by molar-refractivity contribution is 7.09. The average Bonchev–Trinajstić information content (AvgIpc) is 2.94. The molecule has 0 saturated heterocycles. The minimum atomic E-state index is -0.162. The van der Waals surface area contributed by atoms with Crippen LogP contribution in [0.3, 0.4) is 0 Å². The number of hydrogen-bond donors (Lipinski definition) is 1. The molecule has 0 unspecified atom stereocenters. The van der Waals surface area contributed by atoms with E-state index in [1.807, 2.05) is 12.3 Å². The third-order valence-electron chi connectivity index (χ3n) is 3.16. The van der Waals surface area contributed by atoms with Crippen LogP contribution in [0.15, 0.2) is 16.5 Å². The highest BCUT2D eigenvalue weighted by Crippen LogP contribution is 2.09. The number of thiazole rings is 1. The fourth-order valence-electron chi connectivity index (χ4n) is 1.87. The third-order valence-corrected chi connectivity index (χ3v) is 4.20. The van der Waals surface area contributed by atoms with Gasteiger partial charge in [-0.15, -0.1) is 11.3 Å². The lowest BCUT2D eigenvalue weighted by Gasteiger charge is -2.06. The van der Waals surface area contributed by atoms with E-state index in [0.717, 1.165) is 17.1 Å². The van der Waals surface area contributed by atoms with E-state index < -0.39 is 0 Å². The van der Waals surface area contributed by atoms with Crippen LogP contribution in [0.1, 0.15) is 28.9 Å². The number of hydrogen-bond acceptors (Lipinski definition) is 5. The minimum absolute atomic E-state index is 0.104. The maximum atomic E-state index is 11.9. The molecule has 2 aromatic rings. The Kier molecular flexibility index (Phi) is 4.85. The Hall–Kier alpha value is -2.02. The van der Waals surface area contributed by atoms with Gasteiger partial charge in [-0.25, -0.2) is 9.97 Å². The number of carbonyl (C=O) groups is 1. The molecule has 0 aliphatic heterocycles. The molecule has 1 N–H and O–H groups in total. The standard InChI is InChI=1S/C14H18N4O2S/c1-4-13-17-10(7-21-13)6-15-12(19)5-11-9(2)14(20)18(3)8-16-11/h7-8H,4-6H2,1-3H3,(H,15,19). The van der Waals surface area contributed by atoms with Crippen molar-refractivity contribution in [3.05, 3.63) is 44.0 Å². The maximum absolute atomic E-state index is 11.9. The fraction of sp³-hybridized carbons (Fsp3) is 0.429. The molecule has 6 nitrogen and oxygen atoms in total. The molecular weight excluding hydrogens is 288 g/mol. The summed E-state index contributed by atoms with van der Waals surface area (Å²) in [6.45, 7) is 4.14. The summed E-state index contributed by atoms with van der Waals surface area (Å²) < 4.78 is 1.40. The van der Waals surface area contributed by atoms with Gasteiger partial charge in [-0.3, -0.25) is 9.59 Å². The van der Waals surface area contributed by atoms with E-state index >= 15 is 0 Å². The molecule has 21 heavy (non-hydrogen) atoms. The van der Waals surface area contributed by atoms with Crippen molar-refractivity contribution >= 4 is 17.2 Å². The predicted molar refractivity (Wildman–Crippen MR) is 81.3 cm³/mol. The summed E-state index contributed by atoms with van der Waals surface area (Å²) in [6, 6.07) is 0. The van der Waals surface area contributed by atoms with Gasteiger partial charge in [0, 0.05) is 18.0 Å². The van der Waals surface area contributed by atoms with Crippen LogP contribution in [0.2, 0.25) is 0 Å². The van der Waals surface area contributed by atoms with Crippen molar-refractivity contribution in [2.24, 2.45) is 7.05 Å². The molecule has 7 heteroatoms. The number of nitrogens with one attached hydrogen (secondary N) is 1. The van der Waals surface area contributed by atoms with Crippen molar-refractivity contribution < 1.29 is 4.79 Å². The first-order valence-electron chi connectivity index (χ1n) is 6.72. The summed E-state index contributed by atoms with van der Waals surface area (Å²) in [5, 5.41) is 5.81. The third kappa shape index (κ3) is 3.75. The summed E-state index contributed by atoms with van der Waals surface area (Å²) >= 11 is 1.59. The van der Waals surface area contributed by atoms with Crippen molar-refractivity contribution in [1.29, 1.82) is 0 Å². The molecule has 2 heterocycles. The van der Waals surface area contributed by atoms with E-state index in [9.17, 15) is 9.59 Å². The molecule has 0 fully saturated rings. The molecule has 0 bridgehead atoms. The van der Waals surface area contributed by atoms with Crippen LogP contribution < -0.4 is 10.9 Å². The van der Waals surface area contributed by atoms with Crippen molar-refractivity contribution in [2.45, 2.75) is 33.2 Å². The van der Waals surface area contributed by atoms with Gasteiger partial charge in [0.1, 0.15) is 0 Å². The van der Waals surface area contributed by atoms with E-state index in [1.54, 1.807) is 25.3 Å². The topological polar surface area (TPSA) is 76.9 Å². The average molecular weight is 306 g/mol. The van der Waals surface area contributed by atoms with Crippen LogP contribution in [0.25, 0.3) is 0 Å². The zero-order chi connectivity index (χ0) is 15.4. The number of carbonyl (C=O) groups excluding carboxylic acids is 1. The summed E-state index contributed by atoms with van der Waals surface area (Å²) in [5.41, 5.74) is 1.76. The summed E-state index contributed by atoms with van der Waals surface area (Å²) in [7, 11) is 1.64. The lowest BCUT2D eigenvalue weighted by molar-refractivity contribution is -0.120. The molecule has 0 saturated carbocycles. The van der Waals surface area contributed by atoms with Gasteiger partial charge in [0.15, 0.2) is 0 Å². The monoisotopic (exact) mass is 306 g/mol. The molecule has 0 aromatic carbocycles. The van der Waals surface area contributed by atoms with E-state index in [1.165, 1.54) is 10.9 Å². The first kappa shape index (κ1) is 15.4. The minimum Gasteiger partial charge on any atom is -0.350 e. The van der Waals surface area contributed by atoms with Crippen molar-refractivity contribution in [3.63, 3.8) is 0 Å². The Morgan fingerprint density at radius 3 is 2.90 bits per heavy atom. The molecule has 1 amide bonds. The van der Waals surface area contributed by atoms with E-state index in [0.29, 0.717) is 17.8 Å². The largest absolute Gasteiger partial charge is 0.350 e. The Morgan fingerprint density at radius 2 is 2.24 bits per heavy atom. The lowest BCUT2D eigenvalue weighted by Crippen LogP contribution is -2.28. The molecule has 0 atom stereocenters. The normalized spacial score (nSPS) is 10.6. The second-order valence-corrected chi connectivity index (χ2v) is 5.71.